The third kappa shape index (κ3) is 3.89. The van der Waals surface area contributed by atoms with E-state index >= 15 is 0 Å². The van der Waals surface area contributed by atoms with Gasteiger partial charge in [-0.15, -0.1) is 10.2 Å². The number of carbonyl (C=O) groups is 1. The number of aliphatic hydroxyl groups excluding tert-OH is 1. The lowest BCUT2D eigenvalue weighted by Gasteiger charge is -2.36. The summed E-state index contributed by atoms with van der Waals surface area (Å²) in [5.41, 5.74) is 1.02. The summed E-state index contributed by atoms with van der Waals surface area (Å²) in [6.45, 7) is 0.924. The van der Waals surface area contributed by atoms with E-state index in [0.717, 1.165) is 10.6 Å². The van der Waals surface area contributed by atoms with Crippen molar-refractivity contribution in [2.45, 2.75) is 18.6 Å². The number of rotatable bonds is 5. The first-order chi connectivity index (χ1) is 11.7. The van der Waals surface area contributed by atoms with Gasteiger partial charge in [-0.3, -0.25) is 4.79 Å². The van der Waals surface area contributed by atoms with Gasteiger partial charge >= 0.3 is 0 Å². The molecule has 2 atom stereocenters. The molecule has 0 unspecified atom stereocenters. The molecule has 8 heteroatoms. The van der Waals surface area contributed by atoms with Crippen LogP contribution in [0.5, 0.6) is 0 Å². The Hall–Kier alpha value is -2.03. The molecule has 128 valence electrons. The Morgan fingerprint density at radius 2 is 2.21 bits per heavy atom. The highest BCUT2D eigenvalue weighted by Crippen LogP contribution is 2.27. The van der Waals surface area contributed by atoms with Gasteiger partial charge in [0.1, 0.15) is 11.6 Å². The molecule has 1 aromatic carbocycles. The number of aliphatic hydroxyl groups is 1. The molecule has 0 spiro atoms. The lowest BCUT2D eigenvalue weighted by molar-refractivity contribution is -0.138. The van der Waals surface area contributed by atoms with E-state index in [4.69, 9.17) is 4.74 Å². The van der Waals surface area contributed by atoms with Crippen LogP contribution in [0.1, 0.15) is 6.42 Å². The average molecular weight is 348 g/mol. The number of hydrogen-bond donors (Lipinski definition) is 2. The minimum atomic E-state index is -0.649. The third-order valence-corrected chi connectivity index (χ3v) is 4.86. The Morgan fingerprint density at radius 3 is 2.92 bits per heavy atom. The SMILES string of the molecule is COCC(=O)N1CC[C@@H](Nc2nnc(-c3ccccc3)s2)[C@H](O)C1. The zero-order valence-corrected chi connectivity index (χ0v) is 14.2. The second kappa shape index (κ2) is 7.69. The van der Waals surface area contributed by atoms with Gasteiger partial charge in [-0.1, -0.05) is 41.7 Å². The number of piperidine rings is 1. The van der Waals surface area contributed by atoms with Crippen molar-refractivity contribution in [3.8, 4) is 10.6 Å². The predicted molar refractivity (Wildman–Crippen MR) is 91.8 cm³/mol. The van der Waals surface area contributed by atoms with Gasteiger partial charge in [-0.25, -0.2) is 0 Å². The molecule has 2 N–H and O–H groups in total. The van der Waals surface area contributed by atoms with Crippen molar-refractivity contribution in [3.05, 3.63) is 30.3 Å². The topological polar surface area (TPSA) is 87.6 Å². The second-order valence-electron chi connectivity index (χ2n) is 5.66. The summed E-state index contributed by atoms with van der Waals surface area (Å²) < 4.78 is 4.85. The fourth-order valence-corrected chi connectivity index (χ4v) is 3.49. The molecule has 1 fully saturated rings. The molecule has 1 amide bonds. The number of nitrogens with zero attached hydrogens (tertiary/aromatic N) is 3. The summed E-state index contributed by atoms with van der Waals surface area (Å²) in [5.74, 6) is -0.0997. The molecule has 1 aliphatic heterocycles. The van der Waals surface area contributed by atoms with Crippen LogP contribution < -0.4 is 5.32 Å². The molecule has 2 heterocycles. The normalized spacial score (nSPS) is 20.8. The summed E-state index contributed by atoms with van der Waals surface area (Å²) >= 11 is 1.45. The van der Waals surface area contributed by atoms with Crippen molar-refractivity contribution >= 4 is 22.4 Å². The van der Waals surface area contributed by atoms with Gasteiger partial charge < -0.3 is 20.1 Å². The number of anilines is 1. The molecule has 0 saturated carbocycles. The highest BCUT2D eigenvalue weighted by molar-refractivity contribution is 7.18. The number of ether oxygens (including phenoxy) is 1. The minimum absolute atomic E-state index is 0.0433. The van der Waals surface area contributed by atoms with E-state index in [-0.39, 0.29) is 18.6 Å². The fraction of sp³-hybridized carbons (Fsp3) is 0.438. The van der Waals surface area contributed by atoms with Crippen LogP contribution in [0.25, 0.3) is 10.6 Å². The molecule has 1 aromatic heterocycles. The van der Waals surface area contributed by atoms with E-state index in [9.17, 15) is 9.90 Å². The second-order valence-corrected chi connectivity index (χ2v) is 6.64. The summed E-state index contributed by atoms with van der Waals surface area (Å²) in [6, 6.07) is 9.70. The number of carbonyl (C=O) groups excluding carboxylic acids is 1. The summed E-state index contributed by atoms with van der Waals surface area (Å²) in [5, 5.41) is 23.4. The van der Waals surface area contributed by atoms with Crippen molar-refractivity contribution < 1.29 is 14.6 Å². The predicted octanol–water partition coefficient (Wildman–Crippen LogP) is 1.23. The summed E-state index contributed by atoms with van der Waals surface area (Å²) in [7, 11) is 1.49. The number of amides is 1. The number of hydrogen-bond acceptors (Lipinski definition) is 7. The quantitative estimate of drug-likeness (QED) is 0.845. The standard InChI is InChI=1S/C16H20N4O3S/c1-23-10-14(22)20-8-7-12(13(21)9-20)17-16-19-18-15(24-16)11-5-3-2-4-6-11/h2-6,12-13,21H,7-10H2,1H3,(H,17,19)/t12-,13-/m1/s1. The first kappa shape index (κ1) is 16.8. The van der Waals surface area contributed by atoms with Gasteiger partial charge in [0.05, 0.1) is 12.1 Å². The van der Waals surface area contributed by atoms with Crippen molar-refractivity contribution in [2.24, 2.45) is 0 Å². The van der Waals surface area contributed by atoms with Crippen LogP contribution in [0.15, 0.2) is 30.3 Å². The molecular weight excluding hydrogens is 328 g/mol. The van der Waals surface area contributed by atoms with Crippen molar-refractivity contribution in [2.75, 3.05) is 32.1 Å². The first-order valence-corrected chi connectivity index (χ1v) is 8.59. The molecule has 2 aromatic rings. The Morgan fingerprint density at radius 1 is 1.42 bits per heavy atom. The molecular formula is C16H20N4O3S. The third-order valence-electron chi connectivity index (χ3n) is 3.96. The number of nitrogens with one attached hydrogen (secondary N) is 1. The van der Waals surface area contributed by atoms with Crippen LogP contribution in [-0.2, 0) is 9.53 Å². The molecule has 0 aliphatic carbocycles. The van der Waals surface area contributed by atoms with Gasteiger partial charge in [-0.2, -0.15) is 0 Å². The average Bonchev–Trinajstić information content (AvgIpc) is 3.06. The highest BCUT2D eigenvalue weighted by Gasteiger charge is 2.30. The Bertz CT molecular complexity index is 679. The lowest BCUT2D eigenvalue weighted by atomic mass is 10.0. The zero-order chi connectivity index (χ0) is 16.9. The highest BCUT2D eigenvalue weighted by atomic mass is 32.1. The number of aromatic nitrogens is 2. The van der Waals surface area contributed by atoms with E-state index in [2.05, 4.69) is 15.5 Å². The maximum Gasteiger partial charge on any atom is 0.248 e. The van der Waals surface area contributed by atoms with Gasteiger partial charge in [-0.05, 0) is 6.42 Å². The Labute approximate surface area is 144 Å². The molecule has 3 rings (SSSR count). The molecule has 1 saturated heterocycles. The maximum atomic E-state index is 11.8. The van der Waals surface area contributed by atoms with Crippen LogP contribution in [0.2, 0.25) is 0 Å². The van der Waals surface area contributed by atoms with E-state index < -0.39 is 6.10 Å². The number of likely N-dealkylation sites (tertiary alicyclic amines) is 1. The molecule has 7 nitrogen and oxygen atoms in total. The Balaban J connectivity index is 1.59. The lowest BCUT2D eigenvalue weighted by Crippen LogP contribution is -2.52. The minimum Gasteiger partial charge on any atom is -0.389 e. The van der Waals surface area contributed by atoms with Gasteiger partial charge in [0.25, 0.3) is 0 Å². The van der Waals surface area contributed by atoms with E-state index in [0.29, 0.717) is 24.6 Å². The van der Waals surface area contributed by atoms with Crippen LogP contribution in [-0.4, -0.2) is 65.1 Å². The molecule has 0 bridgehead atoms. The molecule has 1 aliphatic rings. The number of β-amino-alcohol motifs (C(OH)–C–C–N with tert-alkyl or cyclic N) is 1. The van der Waals surface area contributed by atoms with Crippen LogP contribution in [0, 0.1) is 0 Å². The fourth-order valence-electron chi connectivity index (χ4n) is 2.68. The Kier molecular flexibility index (Phi) is 5.39. The van der Waals surface area contributed by atoms with E-state index in [1.165, 1.54) is 18.4 Å². The van der Waals surface area contributed by atoms with Crippen molar-refractivity contribution in [1.29, 1.82) is 0 Å². The van der Waals surface area contributed by atoms with Crippen molar-refractivity contribution in [1.82, 2.24) is 15.1 Å². The summed E-state index contributed by atoms with van der Waals surface area (Å²) in [6.07, 6.45) is 0.000259. The summed E-state index contributed by atoms with van der Waals surface area (Å²) in [4.78, 5) is 13.4. The number of methoxy groups -OCH3 is 1. The number of benzene rings is 1. The van der Waals surface area contributed by atoms with Crippen LogP contribution >= 0.6 is 11.3 Å². The smallest absolute Gasteiger partial charge is 0.248 e. The molecule has 24 heavy (non-hydrogen) atoms. The largest absolute Gasteiger partial charge is 0.389 e. The van der Waals surface area contributed by atoms with Gasteiger partial charge in [0.2, 0.25) is 11.0 Å². The first-order valence-electron chi connectivity index (χ1n) is 7.77. The van der Waals surface area contributed by atoms with Crippen molar-refractivity contribution in [3.63, 3.8) is 0 Å². The van der Waals surface area contributed by atoms with Crippen LogP contribution in [0.4, 0.5) is 5.13 Å². The van der Waals surface area contributed by atoms with E-state index in [1.807, 2.05) is 30.3 Å². The van der Waals surface area contributed by atoms with Crippen LogP contribution in [0.3, 0.4) is 0 Å². The van der Waals surface area contributed by atoms with Gasteiger partial charge in [0, 0.05) is 25.8 Å². The zero-order valence-electron chi connectivity index (χ0n) is 13.4. The van der Waals surface area contributed by atoms with Gasteiger partial charge in [0.15, 0.2) is 0 Å². The molecule has 0 radical (unpaired) electrons. The maximum absolute atomic E-state index is 11.8. The van der Waals surface area contributed by atoms with E-state index in [1.54, 1.807) is 4.90 Å². The monoisotopic (exact) mass is 348 g/mol.